The molecule has 0 aliphatic heterocycles. The van der Waals surface area contributed by atoms with Gasteiger partial charge in [0.2, 0.25) is 0 Å². The van der Waals surface area contributed by atoms with Gasteiger partial charge >= 0.3 is 5.97 Å². The molecule has 0 fully saturated rings. The summed E-state index contributed by atoms with van der Waals surface area (Å²) in [5, 5.41) is 9.50. The van der Waals surface area contributed by atoms with Gasteiger partial charge in [-0.3, -0.25) is 0 Å². The lowest BCUT2D eigenvalue weighted by Gasteiger charge is -2.10. The molecular formula is C12H15ClO2S. The van der Waals surface area contributed by atoms with Crippen LogP contribution in [-0.2, 0) is 0 Å². The third-order valence-electron chi connectivity index (χ3n) is 2.39. The molecule has 0 saturated carbocycles. The topological polar surface area (TPSA) is 37.3 Å². The van der Waals surface area contributed by atoms with Gasteiger partial charge in [0.1, 0.15) is 0 Å². The van der Waals surface area contributed by atoms with E-state index in [0.717, 1.165) is 17.1 Å². The molecule has 0 aliphatic rings. The summed E-state index contributed by atoms with van der Waals surface area (Å²) in [6, 6.07) is 5.01. The zero-order valence-corrected chi connectivity index (χ0v) is 10.9. The summed E-state index contributed by atoms with van der Waals surface area (Å²) in [4.78, 5) is 11.8. The van der Waals surface area contributed by atoms with Gasteiger partial charge in [0.25, 0.3) is 0 Å². The SMILES string of the molecule is CCC(C)CSc1ccc(Cl)cc1C(=O)O. The molecule has 0 amide bonds. The second-order valence-corrected chi connectivity index (χ2v) is 5.27. The highest BCUT2D eigenvalue weighted by Gasteiger charge is 2.11. The molecule has 0 saturated heterocycles. The molecule has 1 aromatic rings. The predicted octanol–water partition coefficient (Wildman–Crippen LogP) is 4.18. The second kappa shape index (κ2) is 6.16. The van der Waals surface area contributed by atoms with Crippen LogP contribution in [0.15, 0.2) is 23.1 Å². The molecule has 1 aromatic carbocycles. The summed E-state index contributed by atoms with van der Waals surface area (Å²) in [6.07, 6.45) is 1.10. The molecule has 88 valence electrons. The second-order valence-electron chi connectivity index (χ2n) is 3.77. The van der Waals surface area contributed by atoms with Gasteiger partial charge in [-0.25, -0.2) is 4.79 Å². The Kier molecular flexibility index (Phi) is 5.16. The van der Waals surface area contributed by atoms with E-state index < -0.39 is 5.97 Å². The highest BCUT2D eigenvalue weighted by molar-refractivity contribution is 7.99. The van der Waals surface area contributed by atoms with E-state index in [-0.39, 0.29) is 0 Å². The van der Waals surface area contributed by atoms with Crippen molar-refractivity contribution in [2.75, 3.05) is 5.75 Å². The van der Waals surface area contributed by atoms with Crippen molar-refractivity contribution < 1.29 is 9.90 Å². The Bertz CT molecular complexity index is 379. The van der Waals surface area contributed by atoms with E-state index >= 15 is 0 Å². The molecule has 0 bridgehead atoms. The van der Waals surface area contributed by atoms with Gasteiger partial charge in [-0.2, -0.15) is 0 Å². The lowest BCUT2D eigenvalue weighted by molar-refractivity contribution is 0.0693. The number of aromatic carboxylic acids is 1. The number of carboxylic acids is 1. The lowest BCUT2D eigenvalue weighted by Crippen LogP contribution is -2.01. The summed E-state index contributed by atoms with van der Waals surface area (Å²) >= 11 is 7.36. The Hall–Kier alpha value is -0.670. The molecule has 16 heavy (non-hydrogen) atoms. The molecule has 0 spiro atoms. The van der Waals surface area contributed by atoms with Crippen molar-refractivity contribution >= 4 is 29.3 Å². The van der Waals surface area contributed by atoms with Crippen LogP contribution in [0.2, 0.25) is 5.02 Å². The van der Waals surface area contributed by atoms with Gasteiger partial charge in [-0.05, 0) is 24.1 Å². The monoisotopic (exact) mass is 258 g/mol. The first-order valence-corrected chi connectivity index (χ1v) is 6.56. The zero-order chi connectivity index (χ0) is 12.1. The van der Waals surface area contributed by atoms with Crippen LogP contribution in [0, 0.1) is 5.92 Å². The number of hydrogen-bond acceptors (Lipinski definition) is 2. The van der Waals surface area contributed by atoms with Crippen molar-refractivity contribution in [3.05, 3.63) is 28.8 Å². The number of carboxylic acid groups (broad SMARTS) is 1. The molecule has 1 rings (SSSR count). The molecule has 4 heteroatoms. The Morgan fingerprint density at radius 3 is 2.81 bits per heavy atom. The number of halogens is 1. The van der Waals surface area contributed by atoms with E-state index in [1.807, 2.05) is 0 Å². The van der Waals surface area contributed by atoms with E-state index in [0.29, 0.717) is 16.5 Å². The van der Waals surface area contributed by atoms with E-state index in [1.54, 1.807) is 23.9 Å². The third-order valence-corrected chi connectivity index (χ3v) is 4.03. The van der Waals surface area contributed by atoms with Gasteiger partial charge in [0, 0.05) is 15.7 Å². The van der Waals surface area contributed by atoms with Crippen LogP contribution in [0.4, 0.5) is 0 Å². The van der Waals surface area contributed by atoms with Crippen LogP contribution >= 0.6 is 23.4 Å². The summed E-state index contributed by atoms with van der Waals surface area (Å²) in [7, 11) is 0. The fourth-order valence-electron chi connectivity index (χ4n) is 1.15. The molecule has 1 atom stereocenters. The maximum Gasteiger partial charge on any atom is 0.336 e. The van der Waals surface area contributed by atoms with Crippen LogP contribution in [0.25, 0.3) is 0 Å². The van der Waals surface area contributed by atoms with Crippen molar-refractivity contribution in [2.24, 2.45) is 5.92 Å². The lowest BCUT2D eigenvalue weighted by atomic mass is 10.2. The summed E-state index contributed by atoms with van der Waals surface area (Å²) in [6.45, 7) is 4.29. The summed E-state index contributed by atoms with van der Waals surface area (Å²) in [5.74, 6) is 0.592. The zero-order valence-electron chi connectivity index (χ0n) is 9.37. The minimum atomic E-state index is -0.922. The standard InChI is InChI=1S/C12H15ClO2S/c1-3-8(2)7-16-11-5-4-9(13)6-10(11)12(14)15/h4-6,8H,3,7H2,1-2H3,(H,14,15). The summed E-state index contributed by atoms with van der Waals surface area (Å²) < 4.78 is 0. The smallest absolute Gasteiger partial charge is 0.336 e. The van der Waals surface area contributed by atoms with Gasteiger partial charge in [-0.15, -0.1) is 11.8 Å². The fourth-order valence-corrected chi connectivity index (χ4v) is 2.48. The number of thioether (sulfide) groups is 1. The molecular weight excluding hydrogens is 244 g/mol. The average Bonchev–Trinajstić information content (AvgIpc) is 2.26. The average molecular weight is 259 g/mol. The first kappa shape index (κ1) is 13.4. The fraction of sp³-hybridized carbons (Fsp3) is 0.417. The maximum absolute atomic E-state index is 11.0. The minimum absolute atomic E-state index is 0.292. The Balaban J connectivity index is 2.82. The first-order chi connectivity index (χ1) is 7.54. The van der Waals surface area contributed by atoms with Crippen LogP contribution in [0.3, 0.4) is 0 Å². The molecule has 0 radical (unpaired) electrons. The van der Waals surface area contributed by atoms with Crippen molar-refractivity contribution in [3.8, 4) is 0 Å². The van der Waals surface area contributed by atoms with Crippen LogP contribution in [0.5, 0.6) is 0 Å². The first-order valence-electron chi connectivity index (χ1n) is 5.20. The molecule has 0 heterocycles. The Labute approximate surface area is 105 Å². The summed E-state index contributed by atoms with van der Waals surface area (Å²) in [5.41, 5.74) is 0.292. The Morgan fingerprint density at radius 2 is 2.25 bits per heavy atom. The van der Waals surface area contributed by atoms with Gasteiger partial charge < -0.3 is 5.11 Å². The Morgan fingerprint density at radius 1 is 1.56 bits per heavy atom. The maximum atomic E-state index is 11.0. The van der Waals surface area contributed by atoms with Crippen molar-refractivity contribution in [1.82, 2.24) is 0 Å². The normalized spacial score (nSPS) is 12.4. The highest BCUT2D eigenvalue weighted by Crippen LogP contribution is 2.27. The van der Waals surface area contributed by atoms with Gasteiger partial charge in [-0.1, -0.05) is 31.9 Å². The third kappa shape index (κ3) is 3.72. The van der Waals surface area contributed by atoms with E-state index in [4.69, 9.17) is 16.7 Å². The number of benzene rings is 1. The molecule has 0 aliphatic carbocycles. The number of carbonyl (C=O) groups is 1. The molecule has 1 unspecified atom stereocenters. The van der Waals surface area contributed by atoms with Gasteiger partial charge in [0.05, 0.1) is 5.56 Å². The van der Waals surface area contributed by atoms with Crippen LogP contribution in [0.1, 0.15) is 30.6 Å². The highest BCUT2D eigenvalue weighted by atomic mass is 35.5. The van der Waals surface area contributed by atoms with E-state index in [2.05, 4.69) is 13.8 Å². The largest absolute Gasteiger partial charge is 0.478 e. The number of hydrogen-bond donors (Lipinski definition) is 1. The van der Waals surface area contributed by atoms with Gasteiger partial charge in [0.15, 0.2) is 0 Å². The quantitative estimate of drug-likeness (QED) is 0.805. The minimum Gasteiger partial charge on any atom is -0.478 e. The van der Waals surface area contributed by atoms with Crippen LogP contribution in [-0.4, -0.2) is 16.8 Å². The van der Waals surface area contributed by atoms with Crippen molar-refractivity contribution in [2.45, 2.75) is 25.2 Å². The van der Waals surface area contributed by atoms with E-state index in [1.165, 1.54) is 6.07 Å². The van der Waals surface area contributed by atoms with Crippen molar-refractivity contribution in [1.29, 1.82) is 0 Å². The number of rotatable bonds is 5. The molecule has 2 nitrogen and oxygen atoms in total. The van der Waals surface area contributed by atoms with Crippen LogP contribution < -0.4 is 0 Å². The van der Waals surface area contributed by atoms with Crippen molar-refractivity contribution in [3.63, 3.8) is 0 Å². The predicted molar refractivity (Wildman–Crippen MR) is 68.6 cm³/mol. The van der Waals surface area contributed by atoms with E-state index in [9.17, 15) is 4.79 Å². The molecule has 0 aromatic heterocycles. The molecule has 1 N–H and O–H groups in total.